The van der Waals surface area contributed by atoms with Crippen molar-refractivity contribution in [2.45, 2.75) is 27.4 Å². The molecule has 3 aromatic rings. The Balaban J connectivity index is 1.83. The van der Waals surface area contributed by atoms with E-state index in [1.54, 1.807) is 6.07 Å². The molecule has 2 aromatic carbocycles. The smallest absolute Gasteiger partial charge is 0.276 e. The second kappa shape index (κ2) is 7.35. The van der Waals surface area contributed by atoms with Gasteiger partial charge in [-0.3, -0.25) is 15.1 Å². The lowest BCUT2D eigenvalue weighted by Crippen LogP contribution is -2.03. The number of nitrogens with zero attached hydrogens (tertiary/aromatic N) is 2. The van der Waals surface area contributed by atoms with Crippen LogP contribution in [0, 0.1) is 30.9 Å². The molecule has 0 atom stereocenters. The minimum Gasteiger partial charge on any atom is -0.488 e. The highest BCUT2D eigenvalue weighted by atomic mass is 16.6. The van der Waals surface area contributed by atoms with Crippen LogP contribution in [0.4, 0.5) is 5.69 Å². The third-order valence-corrected chi connectivity index (χ3v) is 4.31. The zero-order chi connectivity index (χ0) is 18.7. The molecule has 26 heavy (non-hydrogen) atoms. The van der Waals surface area contributed by atoms with Gasteiger partial charge in [0.2, 0.25) is 0 Å². The van der Waals surface area contributed by atoms with Crippen LogP contribution in [0.3, 0.4) is 0 Å². The van der Waals surface area contributed by atoms with Gasteiger partial charge in [-0.15, -0.1) is 0 Å². The molecule has 3 rings (SSSR count). The number of hydrogen-bond acceptors (Lipinski definition) is 4. The van der Waals surface area contributed by atoms with E-state index in [4.69, 9.17) is 4.74 Å². The van der Waals surface area contributed by atoms with Gasteiger partial charge >= 0.3 is 0 Å². The molecule has 0 unspecified atom stereocenters. The Morgan fingerprint density at radius 2 is 1.77 bits per heavy atom. The van der Waals surface area contributed by atoms with Gasteiger partial charge in [0.15, 0.2) is 0 Å². The third-order valence-electron chi connectivity index (χ3n) is 4.31. The van der Waals surface area contributed by atoms with E-state index in [1.807, 2.05) is 63.2 Å². The van der Waals surface area contributed by atoms with Crippen molar-refractivity contribution in [1.82, 2.24) is 4.98 Å². The molecule has 0 bridgehead atoms. The molecule has 0 N–H and O–H groups in total. The van der Waals surface area contributed by atoms with Crippen LogP contribution in [0.5, 0.6) is 5.75 Å². The first-order valence-electron chi connectivity index (χ1n) is 8.36. The van der Waals surface area contributed by atoms with Crippen molar-refractivity contribution < 1.29 is 9.66 Å². The number of pyridine rings is 1. The van der Waals surface area contributed by atoms with Gasteiger partial charge in [0.05, 0.1) is 16.2 Å². The number of hydrogen-bond donors (Lipinski definition) is 0. The van der Waals surface area contributed by atoms with Crippen LogP contribution >= 0.6 is 0 Å². The van der Waals surface area contributed by atoms with Gasteiger partial charge < -0.3 is 4.74 Å². The summed E-state index contributed by atoms with van der Waals surface area (Å²) in [4.78, 5) is 15.4. The summed E-state index contributed by atoms with van der Waals surface area (Å²) in [6.07, 6.45) is 0. The Hall–Kier alpha value is -3.21. The Labute approximate surface area is 152 Å². The summed E-state index contributed by atoms with van der Waals surface area (Å²) in [5.41, 5.74) is 5.38. The summed E-state index contributed by atoms with van der Waals surface area (Å²) in [5.74, 6) is 0.707. The number of nitro benzene ring substituents is 1. The molecule has 1 aromatic heterocycles. The molecule has 0 saturated carbocycles. The van der Waals surface area contributed by atoms with Gasteiger partial charge in [-0.25, -0.2) is 0 Å². The molecule has 0 radical (unpaired) electrons. The van der Waals surface area contributed by atoms with Crippen molar-refractivity contribution in [3.63, 3.8) is 0 Å². The molecule has 5 heteroatoms. The van der Waals surface area contributed by atoms with Gasteiger partial charge in [-0.1, -0.05) is 18.2 Å². The van der Waals surface area contributed by atoms with E-state index < -0.39 is 0 Å². The molecule has 0 amide bonds. The molecule has 0 saturated heterocycles. The average Bonchev–Trinajstić information content (AvgIpc) is 2.61. The monoisotopic (exact) mass is 348 g/mol. The molecule has 0 aliphatic rings. The molecular formula is C21H20N2O3. The lowest BCUT2D eigenvalue weighted by molar-refractivity contribution is -0.385. The highest BCUT2D eigenvalue weighted by Gasteiger charge is 2.16. The first-order chi connectivity index (χ1) is 12.5. The summed E-state index contributed by atoms with van der Waals surface area (Å²) >= 11 is 0. The lowest BCUT2D eigenvalue weighted by Gasteiger charge is -2.12. The highest BCUT2D eigenvalue weighted by Crippen LogP contribution is 2.28. The largest absolute Gasteiger partial charge is 0.488 e. The number of aryl methyl sites for hydroxylation is 3. The molecule has 132 valence electrons. The SMILES string of the molecule is Cc1cccc(-c2ccc(OCc3c(C)cccc3[N+](=O)[O-])c(C)c2)n1. The molecule has 5 nitrogen and oxygen atoms in total. The minimum atomic E-state index is -0.370. The fraction of sp³-hybridized carbons (Fsp3) is 0.190. The predicted octanol–water partition coefficient (Wildman–Crippen LogP) is 5.16. The molecule has 0 fully saturated rings. The number of nitro groups is 1. The third kappa shape index (κ3) is 3.72. The van der Waals surface area contributed by atoms with Gasteiger partial charge in [0.1, 0.15) is 12.4 Å². The van der Waals surface area contributed by atoms with Crippen LogP contribution in [0.25, 0.3) is 11.3 Å². The second-order valence-electron chi connectivity index (χ2n) is 6.26. The van der Waals surface area contributed by atoms with E-state index in [1.165, 1.54) is 6.07 Å². The Morgan fingerprint density at radius 3 is 2.46 bits per heavy atom. The standard InChI is InChI=1S/C21H20N2O3/c1-14-6-4-9-20(23(24)25)18(14)13-26-21-11-10-17(12-15(21)2)19-8-5-7-16(3)22-19/h4-12H,13H2,1-3H3. The summed E-state index contributed by atoms with van der Waals surface area (Å²) in [6, 6.07) is 16.8. The normalized spacial score (nSPS) is 10.6. The van der Waals surface area contributed by atoms with E-state index >= 15 is 0 Å². The average molecular weight is 348 g/mol. The van der Waals surface area contributed by atoms with Crippen molar-refractivity contribution in [2.24, 2.45) is 0 Å². The van der Waals surface area contributed by atoms with E-state index in [0.29, 0.717) is 11.3 Å². The van der Waals surface area contributed by atoms with Crippen LogP contribution in [0.1, 0.15) is 22.4 Å². The summed E-state index contributed by atoms with van der Waals surface area (Å²) in [5, 5.41) is 11.2. The van der Waals surface area contributed by atoms with E-state index in [2.05, 4.69) is 4.98 Å². The number of rotatable bonds is 5. The van der Waals surface area contributed by atoms with Crippen LogP contribution in [0.2, 0.25) is 0 Å². The van der Waals surface area contributed by atoms with Crippen molar-refractivity contribution in [1.29, 1.82) is 0 Å². The summed E-state index contributed by atoms with van der Waals surface area (Å²) in [7, 11) is 0. The molecule has 1 heterocycles. The van der Waals surface area contributed by atoms with Gasteiger partial charge in [0, 0.05) is 17.3 Å². The molecular weight excluding hydrogens is 328 g/mol. The zero-order valence-corrected chi connectivity index (χ0v) is 15.0. The fourth-order valence-electron chi connectivity index (χ4n) is 2.87. The Morgan fingerprint density at radius 1 is 1.00 bits per heavy atom. The maximum absolute atomic E-state index is 11.2. The molecule has 0 aliphatic heterocycles. The zero-order valence-electron chi connectivity index (χ0n) is 15.0. The first-order valence-corrected chi connectivity index (χ1v) is 8.36. The number of benzene rings is 2. The Bertz CT molecular complexity index is 967. The maximum atomic E-state index is 11.2. The number of ether oxygens (including phenoxy) is 1. The van der Waals surface area contributed by atoms with Crippen LogP contribution in [0.15, 0.2) is 54.6 Å². The first kappa shape index (κ1) is 17.6. The predicted molar refractivity (Wildman–Crippen MR) is 101 cm³/mol. The van der Waals surface area contributed by atoms with E-state index in [-0.39, 0.29) is 17.2 Å². The van der Waals surface area contributed by atoms with Crippen LogP contribution < -0.4 is 4.74 Å². The maximum Gasteiger partial charge on any atom is 0.276 e. The minimum absolute atomic E-state index is 0.0863. The molecule has 0 aliphatic carbocycles. The Kier molecular flexibility index (Phi) is 4.98. The van der Waals surface area contributed by atoms with Gasteiger partial charge in [-0.2, -0.15) is 0 Å². The van der Waals surface area contributed by atoms with Gasteiger partial charge in [-0.05, 0) is 62.2 Å². The van der Waals surface area contributed by atoms with Crippen molar-refractivity contribution >= 4 is 5.69 Å². The van der Waals surface area contributed by atoms with E-state index in [9.17, 15) is 10.1 Å². The fourth-order valence-corrected chi connectivity index (χ4v) is 2.87. The second-order valence-corrected chi connectivity index (χ2v) is 6.26. The molecule has 0 spiro atoms. The number of aromatic nitrogens is 1. The lowest BCUT2D eigenvalue weighted by atomic mass is 10.1. The van der Waals surface area contributed by atoms with Crippen LogP contribution in [-0.2, 0) is 6.61 Å². The van der Waals surface area contributed by atoms with Gasteiger partial charge in [0.25, 0.3) is 5.69 Å². The topological polar surface area (TPSA) is 65.3 Å². The van der Waals surface area contributed by atoms with Crippen molar-refractivity contribution in [3.8, 4) is 17.0 Å². The quantitative estimate of drug-likeness (QED) is 0.472. The van der Waals surface area contributed by atoms with E-state index in [0.717, 1.165) is 28.1 Å². The van der Waals surface area contributed by atoms with Crippen LogP contribution in [-0.4, -0.2) is 9.91 Å². The highest BCUT2D eigenvalue weighted by molar-refractivity contribution is 5.62. The summed E-state index contributed by atoms with van der Waals surface area (Å²) in [6.45, 7) is 5.93. The summed E-state index contributed by atoms with van der Waals surface area (Å²) < 4.78 is 5.88. The van der Waals surface area contributed by atoms with Crippen molar-refractivity contribution in [3.05, 3.63) is 87.1 Å². The van der Waals surface area contributed by atoms with Crippen molar-refractivity contribution in [2.75, 3.05) is 0 Å².